The molecule has 3 aromatic rings. The fourth-order valence-electron chi connectivity index (χ4n) is 3.82. The number of nitrogens with zero attached hydrogens (tertiary/aromatic N) is 4. The van der Waals surface area contributed by atoms with Crippen LogP contribution in [0.4, 0.5) is 0 Å². The van der Waals surface area contributed by atoms with Crippen molar-refractivity contribution in [2.45, 2.75) is 52.0 Å². The summed E-state index contributed by atoms with van der Waals surface area (Å²) in [6.45, 7) is 9.44. The van der Waals surface area contributed by atoms with Crippen LogP contribution in [0.3, 0.4) is 0 Å². The minimum atomic E-state index is 0.364. The third-order valence-electron chi connectivity index (χ3n) is 5.26. The minimum Gasteiger partial charge on any atom is -0.342 e. The van der Waals surface area contributed by atoms with Gasteiger partial charge in [0.25, 0.3) is 0 Å². The number of aromatic amines is 1. The highest BCUT2D eigenvalue weighted by Gasteiger charge is 2.24. The smallest absolute Gasteiger partial charge is 0.131 e. The van der Waals surface area contributed by atoms with Crippen molar-refractivity contribution in [1.82, 2.24) is 24.8 Å². The van der Waals surface area contributed by atoms with Crippen molar-refractivity contribution in [3.8, 4) is 0 Å². The van der Waals surface area contributed by atoms with Crippen molar-refractivity contribution in [1.29, 1.82) is 0 Å². The summed E-state index contributed by atoms with van der Waals surface area (Å²) in [5.74, 6) is 2.89. The minimum absolute atomic E-state index is 0.364. The zero-order chi connectivity index (χ0) is 18.1. The number of H-pyrrole nitrogens is 1. The molecule has 0 amide bonds. The van der Waals surface area contributed by atoms with Gasteiger partial charge in [0.2, 0.25) is 0 Å². The summed E-state index contributed by atoms with van der Waals surface area (Å²) >= 11 is 0. The molecular formula is C21H27N5. The second kappa shape index (κ2) is 7.16. The third-order valence-corrected chi connectivity index (χ3v) is 5.26. The summed E-state index contributed by atoms with van der Waals surface area (Å²) in [5, 5.41) is 0. The molecule has 0 bridgehead atoms. The average molecular weight is 349 g/mol. The van der Waals surface area contributed by atoms with Gasteiger partial charge in [0.05, 0.1) is 16.7 Å². The van der Waals surface area contributed by atoms with Gasteiger partial charge in [-0.15, -0.1) is 0 Å². The van der Waals surface area contributed by atoms with Crippen LogP contribution in [-0.2, 0) is 6.54 Å². The molecule has 4 rings (SSSR count). The monoisotopic (exact) mass is 349 g/mol. The normalized spacial score (nSPS) is 18.7. The van der Waals surface area contributed by atoms with Crippen LogP contribution in [-0.4, -0.2) is 37.9 Å². The van der Waals surface area contributed by atoms with E-state index in [1.54, 1.807) is 0 Å². The summed E-state index contributed by atoms with van der Waals surface area (Å²) in [4.78, 5) is 20.1. The van der Waals surface area contributed by atoms with E-state index in [1.165, 1.54) is 18.4 Å². The SMILES string of the molecule is Cc1cccc2[nH]c([C@H]3CCCN(Cc4ccnc(C(C)C)n4)C3)nc12. The Morgan fingerprint density at radius 3 is 2.92 bits per heavy atom. The Morgan fingerprint density at radius 2 is 2.12 bits per heavy atom. The molecule has 2 aromatic heterocycles. The molecule has 1 fully saturated rings. The van der Waals surface area contributed by atoms with Crippen LogP contribution in [0, 0.1) is 6.92 Å². The van der Waals surface area contributed by atoms with E-state index in [1.807, 2.05) is 12.3 Å². The molecule has 1 aromatic carbocycles. The van der Waals surface area contributed by atoms with Crippen molar-refractivity contribution in [3.63, 3.8) is 0 Å². The van der Waals surface area contributed by atoms with Crippen LogP contribution in [0.5, 0.6) is 0 Å². The number of piperidine rings is 1. The lowest BCUT2D eigenvalue weighted by Crippen LogP contribution is -2.34. The number of rotatable bonds is 4. The summed E-state index contributed by atoms with van der Waals surface area (Å²) in [7, 11) is 0. The predicted molar refractivity (Wildman–Crippen MR) is 104 cm³/mol. The molecular weight excluding hydrogens is 322 g/mol. The fraction of sp³-hybridized carbons (Fsp3) is 0.476. The molecule has 1 N–H and O–H groups in total. The Hall–Kier alpha value is -2.27. The number of nitrogens with one attached hydrogen (secondary N) is 1. The average Bonchev–Trinajstić information content (AvgIpc) is 3.08. The summed E-state index contributed by atoms with van der Waals surface area (Å²) < 4.78 is 0. The first-order valence-electron chi connectivity index (χ1n) is 9.59. The van der Waals surface area contributed by atoms with Crippen LogP contribution in [0.2, 0.25) is 0 Å². The third kappa shape index (κ3) is 3.49. The topological polar surface area (TPSA) is 57.7 Å². The molecule has 26 heavy (non-hydrogen) atoms. The summed E-state index contributed by atoms with van der Waals surface area (Å²) in [6.07, 6.45) is 4.28. The Kier molecular flexibility index (Phi) is 4.72. The Morgan fingerprint density at radius 1 is 1.23 bits per heavy atom. The molecule has 5 heteroatoms. The van der Waals surface area contributed by atoms with Gasteiger partial charge in [-0.2, -0.15) is 0 Å². The molecule has 136 valence electrons. The lowest BCUT2D eigenvalue weighted by Gasteiger charge is -2.31. The standard InChI is InChI=1S/C21H27N5/c1-14(2)20-22-10-9-17(23-20)13-26-11-5-7-16(12-26)21-24-18-8-4-6-15(3)19(18)25-21/h4,6,8-10,14,16H,5,7,11-13H2,1-3H3,(H,24,25)/t16-/m0/s1. The van der Waals surface area contributed by atoms with E-state index < -0.39 is 0 Å². The maximum atomic E-state index is 4.91. The number of fused-ring (bicyclic) bond motifs is 1. The molecule has 0 spiro atoms. The van der Waals surface area contributed by atoms with Crippen LogP contribution in [0.1, 0.15) is 61.4 Å². The largest absolute Gasteiger partial charge is 0.342 e. The molecule has 0 saturated carbocycles. The maximum Gasteiger partial charge on any atom is 0.131 e. The highest BCUT2D eigenvalue weighted by Crippen LogP contribution is 2.28. The van der Waals surface area contributed by atoms with Gasteiger partial charge >= 0.3 is 0 Å². The first kappa shape index (κ1) is 17.2. The van der Waals surface area contributed by atoms with Crippen molar-refractivity contribution in [2.75, 3.05) is 13.1 Å². The number of hydrogen-bond acceptors (Lipinski definition) is 4. The molecule has 1 atom stereocenters. The van der Waals surface area contributed by atoms with E-state index in [0.29, 0.717) is 11.8 Å². The van der Waals surface area contributed by atoms with Gasteiger partial charge in [0, 0.05) is 31.1 Å². The van der Waals surface area contributed by atoms with Gasteiger partial charge in [-0.25, -0.2) is 15.0 Å². The zero-order valence-electron chi connectivity index (χ0n) is 15.9. The predicted octanol–water partition coefficient (Wildman–Crippen LogP) is 4.16. The molecule has 3 heterocycles. The first-order chi connectivity index (χ1) is 12.6. The fourth-order valence-corrected chi connectivity index (χ4v) is 3.82. The molecule has 1 saturated heterocycles. The van der Waals surface area contributed by atoms with Crippen LogP contribution in [0.25, 0.3) is 11.0 Å². The Balaban J connectivity index is 1.50. The zero-order valence-corrected chi connectivity index (χ0v) is 15.9. The van der Waals surface area contributed by atoms with Gasteiger partial charge in [0.1, 0.15) is 11.6 Å². The molecule has 0 radical (unpaired) electrons. The number of aromatic nitrogens is 4. The van der Waals surface area contributed by atoms with Crippen LogP contribution in [0.15, 0.2) is 30.5 Å². The quantitative estimate of drug-likeness (QED) is 0.768. The lowest BCUT2D eigenvalue weighted by molar-refractivity contribution is 0.195. The number of aryl methyl sites for hydroxylation is 1. The van der Waals surface area contributed by atoms with Crippen molar-refractivity contribution in [2.24, 2.45) is 0 Å². The van der Waals surface area contributed by atoms with Gasteiger partial charge in [-0.3, -0.25) is 4.90 Å². The van der Waals surface area contributed by atoms with E-state index in [9.17, 15) is 0 Å². The Labute approximate surface area is 154 Å². The number of para-hydroxylation sites is 1. The highest BCUT2D eigenvalue weighted by molar-refractivity contribution is 5.78. The molecule has 1 aliphatic heterocycles. The van der Waals surface area contributed by atoms with Crippen molar-refractivity contribution in [3.05, 3.63) is 53.4 Å². The number of hydrogen-bond donors (Lipinski definition) is 1. The van der Waals surface area contributed by atoms with Gasteiger partial charge in [0.15, 0.2) is 0 Å². The van der Waals surface area contributed by atoms with E-state index in [-0.39, 0.29) is 0 Å². The molecule has 1 aliphatic rings. The summed E-state index contributed by atoms with van der Waals surface area (Å²) in [6, 6.07) is 8.38. The van der Waals surface area contributed by atoms with Gasteiger partial charge in [-0.1, -0.05) is 26.0 Å². The Bertz CT molecular complexity index is 898. The van der Waals surface area contributed by atoms with Crippen molar-refractivity contribution >= 4 is 11.0 Å². The van der Waals surface area contributed by atoms with Crippen LogP contribution < -0.4 is 0 Å². The second-order valence-corrected chi connectivity index (χ2v) is 7.73. The van der Waals surface area contributed by atoms with E-state index in [0.717, 1.165) is 48.0 Å². The molecule has 0 unspecified atom stereocenters. The summed E-state index contributed by atoms with van der Waals surface area (Å²) in [5.41, 5.74) is 4.61. The van der Waals surface area contributed by atoms with Crippen LogP contribution >= 0.6 is 0 Å². The number of likely N-dealkylation sites (tertiary alicyclic amines) is 1. The lowest BCUT2D eigenvalue weighted by atomic mass is 9.97. The van der Waals surface area contributed by atoms with Crippen molar-refractivity contribution < 1.29 is 0 Å². The van der Waals surface area contributed by atoms with E-state index in [4.69, 9.17) is 9.97 Å². The molecule has 5 nitrogen and oxygen atoms in total. The van der Waals surface area contributed by atoms with E-state index in [2.05, 4.69) is 53.8 Å². The van der Waals surface area contributed by atoms with Gasteiger partial charge in [-0.05, 0) is 44.0 Å². The number of imidazole rings is 1. The highest BCUT2D eigenvalue weighted by atomic mass is 15.1. The first-order valence-corrected chi connectivity index (χ1v) is 9.59. The van der Waals surface area contributed by atoms with E-state index >= 15 is 0 Å². The van der Waals surface area contributed by atoms with Gasteiger partial charge < -0.3 is 4.98 Å². The molecule has 0 aliphatic carbocycles. The maximum absolute atomic E-state index is 4.91. The number of benzene rings is 1. The second-order valence-electron chi connectivity index (χ2n) is 7.73.